The first-order valence-electron chi connectivity index (χ1n) is 5.15. The molecule has 2 nitrogen and oxygen atoms in total. The molecule has 7 heteroatoms. The van der Waals surface area contributed by atoms with E-state index in [1.54, 1.807) is 0 Å². The molecule has 0 atom stereocenters. The molecule has 0 aliphatic heterocycles. The Morgan fingerprint density at radius 2 is 1.89 bits per heavy atom. The van der Waals surface area contributed by atoms with E-state index in [1.165, 1.54) is 6.07 Å². The molecule has 0 heterocycles. The van der Waals surface area contributed by atoms with E-state index in [2.05, 4.69) is 4.74 Å². The summed E-state index contributed by atoms with van der Waals surface area (Å²) < 4.78 is 66.4. The summed E-state index contributed by atoms with van der Waals surface area (Å²) >= 11 is 0. The molecule has 1 rings (SSSR count). The molecule has 0 amide bonds. The first kappa shape index (κ1) is 14.7. The number of ether oxygens (including phenoxy) is 1. The SMILES string of the molecule is NCCc1ccc(OCC(F)F)c(C(F)(F)F)c1. The summed E-state index contributed by atoms with van der Waals surface area (Å²) in [6.07, 6.45) is -7.20. The van der Waals surface area contributed by atoms with Crippen LogP contribution < -0.4 is 10.5 Å². The van der Waals surface area contributed by atoms with Crippen molar-refractivity contribution in [2.24, 2.45) is 5.73 Å². The van der Waals surface area contributed by atoms with Gasteiger partial charge in [0, 0.05) is 0 Å². The summed E-state index contributed by atoms with van der Waals surface area (Å²) in [7, 11) is 0. The van der Waals surface area contributed by atoms with Crippen LogP contribution in [0.25, 0.3) is 0 Å². The highest BCUT2D eigenvalue weighted by Gasteiger charge is 2.34. The largest absolute Gasteiger partial charge is 0.487 e. The zero-order chi connectivity index (χ0) is 13.8. The number of hydrogen-bond acceptors (Lipinski definition) is 2. The van der Waals surface area contributed by atoms with Crippen molar-refractivity contribution in [1.82, 2.24) is 0 Å². The van der Waals surface area contributed by atoms with Crippen molar-refractivity contribution in [3.63, 3.8) is 0 Å². The molecular formula is C11H12F5NO. The Morgan fingerprint density at radius 1 is 1.22 bits per heavy atom. The fourth-order valence-corrected chi connectivity index (χ4v) is 1.40. The van der Waals surface area contributed by atoms with E-state index in [-0.39, 0.29) is 13.0 Å². The van der Waals surface area contributed by atoms with Crippen LogP contribution >= 0.6 is 0 Å². The van der Waals surface area contributed by atoms with Gasteiger partial charge < -0.3 is 10.5 Å². The van der Waals surface area contributed by atoms with Crippen LogP contribution in [0.1, 0.15) is 11.1 Å². The summed E-state index contributed by atoms with van der Waals surface area (Å²) in [5.74, 6) is -0.594. The summed E-state index contributed by atoms with van der Waals surface area (Å²) in [5, 5.41) is 0. The van der Waals surface area contributed by atoms with Crippen LogP contribution in [0.15, 0.2) is 18.2 Å². The molecule has 1 aromatic carbocycles. The molecule has 1 aromatic rings. The van der Waals surface area contributed by atoms with Gasteiger partial charge in [-0.3, -0.25) is 0 Å². The summed E-state index contributed by atoms with van der Waals surface area (Å²) in [4.78, 5) is 0. The van der Waals surface area contributed by atoms with E-state index in [0.29, 0.717) is 5.56 Å². The minimum absolute atomic E-state index is 0.203. The van der Waals surface area contributed by atoms with Crippen LogP contribution in [0.4, 0.5) is 22.0 Å². The predicted octanol–water partition coefficient (Wildman–Crippen LogP) is 2.85. The lowest BCUT2D eigenvalue weighted by Gasteiger charge is -2.15. The average molecular weight is 269 g/mol. The number of alkyl halides is 5. The summed E-state index contributed by atoms with van der Waals surface area (Å²) in [5.41, 5.74) is 4.57. The Kier molecular flexibility index (Phi) is 4.89. The van der Waals surface area contributed by atoms with Crippen LogP contribution in [0.3, 0.4) is 0 Å². The van der Waals surface area contributed by atoms with Gasteiger partial charge in [-0.1, -0.05) is 6.07 Å². The first-order chi connectivity index (χ1) is 8.34. The van der Waals surface area contributed by atoms with Gasteiger partial charge in [-0.2, -0.15) is 13.2 Å². The van der Waals surface area contributed by atoms with Crippen LogP contribution in [-0.2, 0) is 12.6 Å². The van der Waals surface area contributed by atoms with Crippen molar-refractivity contribution < 1.29 is 26.7 Å². The summed E-state index contributed by atoms with van der Waals surface area (Å²) in [6.45, 7) is -0.867. The van der Waals surface area contributed by atoms with Crippen LogP contribution in [0, 0.1) is 0 Å². The lowest BCUT2D eigenvalue weighted by molar-refractivity contribution is -0.139. The molecule has 0 radical (unpaired) electrons. The van der Waals surface area contributed by atoms with Gasteiger partial charge in [0.2, 0.25) is 0 Å². The zero-order valence-corrected chi connectivity index (χ0v) is 9.31. The summed E-state index contributed by atoms with van der Waals surface area (Å²) in [6, 6.07) is 3.28. The third kappa shape index (κ3) is 4.14. The van der Waals surface area contributed by atoms with Crippen LogP contribution in [0.2, 0.25) is 0 Å². The van der Waals surface area contributed by atoms with Gasteiger partial charge >= 0.3 is 6.18 Å². The van der Waals surface area contributed by atoms with Gasteiger partial charge in [0.25, 0.3) is 6.43 Å². The molecule has 0 aliphatic carbocycles. The second-order valence-electron chi connectivity index (χ2n) is 3.57. The molecule has 0 spiro atoms. The number of nitrogens with two attached hydrogens (primary N) is 1. The van der Waals surface area contributed by atoms with Gasteiger partial charge in [-0.25, -0.2) is 8.78 Å². The Bertz CT molecular complexity index is 392. The fourth-order valence-electron chi connectivity index (χ4n) is 1.40. The maximum Gasteiger partial charge on any atom is 0.419 e. The Labute approximate surface area is 101 Å². The molecule has 0 aliphatic rings. The molecule has 0 unspecified atom stereocenters. The van der Waals surface area contributed by atoms with Crippen molar-refractivity contribution >= 4 is 0 Å². The van der Waals surface area contributed by atoms with Crippen molar-refractivity contribution in [2.45, 2.75) is 19.0 Å². The Balaban J connectivity index is 3.01. The maximum absolute atomic E-state index is 12.7. The lowest BCUT2D eigenvalue weighted by atomic mass is 10.1. The van der Waals surface area contributed by atoms with E-state index in [9.17, 15) is 22.0 Å². The van der Waals surface area contributed by atoms with Crippen molar-refractivity contribution in [1.29, 1.82) is 0 Å². The number of hydrogen-bond donors (Lipinski definition) is 1. The van der Waals surface area contributed by atoms with Crippen LogP contribution in [0.5, 0.6) is 5.75 Å². The highest BCUT2D eigenvalue weighted by molar-refractivity contribution is 5.39. The van der Waals surface area contributed by atoms with Crippen LogP contribution in [-0.4, -0.2) is 19.6 Å². The standard InChI is InChI=1S/C11H12F5NO/c12-10(13)6-18-9-2-1-7(3-4-17)5-8(9)11(14,15)16/h1-2,5,10H,3-4,6,17H2. The van der Waals surface area contributed by atoms with Gasteiger partial charge in [-0.05, 0) is 30.7 Å². The molecule has 0 bridgehead atoms. The third-order valence-electron chi connectivity index (χ3n) is 2.15. The van der Waals surface area contributed by atoms with E-state index in [1.807, 2.05) is 0 Å². The highest BCUT2D eigenvalue weighted by Crippen LogP contribution is 2.37. The molecule has 0 fully saturated rings. The second kappa shape index (κ2) is 5.99. The van der Waals surface area contributed by atoms with Gasteiger partial charge in [-0.15, -0.1) is 0 Å². The fraction of sp³-hybridized carbons (Fsp3) is 0.455. The Morgan fingerprint density at radius 3 is 2.39 bits per heavy atom. The maximum atomic E-state index is 12.7. The smallest absolute Gasteiger partial charge is 0.419 e. The second-order valence-corrected chi connectivity index (χ2v) is 3.57. The molecule has 0 aromatic heterocycles. The van der Waals surface area contributed by atoms with E-state index < -0.39 is 30.5 Å². The van der Waals surface area contributed by atoms with Gasteiger partial charge in [0.15, 0.2) is 0 Å². The van der Waals surface area contributed by atoms with Gasteiger partial charge in [0.05, 0.1) is 5.56 Å². The predicted molar refractivity (Wildman–Crippen MR) is 55.7 cm³/mol. The number of rotatable bonds is 5. The van der Waals surface area contributed by atoms with Crippen molar-refractivity contribution in [3.8, 4) is 5.75 Å². The number of benzene rings is 1. The lowest BCUT2D eigenvalue weighted by Crippen LogP contribution is -2.13. The van der Waals surface area contributed by atoms with E-state index >= 15 is 0 Å². The molecule has 0 saturated carbocycles. The molecule has 102 valence electrons. The molecule has 2 N–H and O–H groups in total. The molecular weight excluding hydrogens is 257 g/mol. The minimum Gasteiger partial charge on any atom is -0.487 e. The Hall–Kier alpha value is -1.37. The first-order valence-corrected chi connectivity index (χ1v) is 5.15. The zero-order valence-electron chi connectivity index (χ0n) is 9.31. The van der Waals surface area contributed by atoms with Crippen molar-refractivity contribution in [3.05, 3.63) is 29.3 Å². The average Bonchev–Trinajstić information content (AvgIpc) is 2.26. The molecule has 18 heavy (non-hydrogen) atoms. The highest BCUT2D eigenvalue weighted by atomic mass is 19.4. The third-order valence-corrected chi connectivity index (χ3v) is 2.15. The number of halogens is 5. The van der Waals surface area contributed by atoms with Gasteiger partial charge in [0.1, 0.15) is 12.4 Å². The minimum atomic E-state index is -4.65. The normalized spacial score (nSPS) is 11.9. The van der Waals surface area contributed by atoms with Crippen molar-refractivity contribution in [2.75, 3.05) is 13.2 Å². The van der Waals surface area contributed by atoms with E-state index in [4.69, 9.17) is 5.73 Å². The quantitative estimate of drug-likeness (QED) is 0.834. The molecule has 0 saturated heterocycles. The van der Waals surface area contributed by atoms with E-state index in [0.717, 1.165) is 12.1 Å². The monoisotopic (exact) mass is 269 g/mol. The topological polar surface area (TPSA) is 35.2 Å².